The minimum absolute atomic E-state index is 0.0441. The number of nitrogen functional groups attached to an aromatic ring is 1. The molecule has 1 aliphatic carbocycles. The Hall–Kier alpha value is -1.58. The van der Waals surface area contributed by atoms with E-state index in [4.69, 9.17) is 5.73 Å². The number of nitrogens with one attached hydrogen (secondary N) is 1. The van der Waals surface area contributed by atoms with Gasteiger partial charge in [0.15, 0.2) is 5.82 Å². The molecule has 1 heterocycles. The third-order valence-electron chi connectivity index (χ3n) is 3.58. The van der Waals surface area contributed by atoms with Crippen LogP contribution in [0.25, 0.3) is 0 Å². The number of pyridine rings is 1. The van der Waals surface area contributed by atoms with Gasteiger partial charge in [-0.3, -0.25) is 4.79 Å². The topological polar surface area (TPSA) is 68.0 Å². The largest absolute Gasteiger partial charge is 0.396 e. The minimum atomic E-state index is -0.262. The van der Waals surface area contributed by atoms with E-state index in [0.29, 0.717) is 11.5 Å². The van der Waals surface area contributed by atoms with Gasteiger partial charge < -0.3 is 11.1 Å². The van der Waals surface area contributed by atoms with Gasteiger partial charge in [0.1, 0.15) is 0 Å². The second kappa shape index (κ2) is 4.73. The van der Waals surface area contributed by atoms with Gasteiger partial charge >= 0.3 is 0 Å². The van der Waals surface area contributed by atoms with Gasteiger partial charge in [-0.05, 0) is 25.0 Å². The minimum Gasteiger partial charge on any atom is -0.396 e. The molecule has 1 aromatic rings. The highest BCUT2D eigenvalue weighted by atomic mass is 16.2. The van der Waals surface area contributed by atoms with Crippen molar-refractivity contribution in [2.75, 3.05) is 11.1 Å². The molecule has 0 spiro atoms. The van der Waals surface area contributed by atoms with Crippen LogP contribution in [0.3, 0.4) is 0 Å². The van der Waals surface area contributed by atoms with Crippen LogP contribution in [0.5, 0.6) is 0 Å². The fraction of sp³-hybridized carbons (Fsp3) is 0.538. The molecule has 4 heteroatoms. The van der Waals surface area contributed by atoms with Crippen LogP contribution in [-0.2, 0) is 4.79 Å². The summed E-state index contributed by atoms with van der Waals surface area (Å²) >= 11 is 0. The normalized spacial score (nSPS) is 18.6. The van der Waals surface area contributed by atoms with Crippen molar-refractivity contribution in [3.8, 4) is 0 Å². The van der Waals surface area contributed by atoms with Crippen LogP contribution in [0.2, 0.25) is 0 Å². The van der Waals surface area contributed by atoms with Crippen molar-refractivity contribution in [2.24, 2.45) is 5.41 Å². The number of hydrogen-bond acceptors (Lipinski definition) is 3. The Morgan fingerprint density at radius 1 is 1.41 bits per heavy atom. The summed E-state index contributed by atoms with van der Waals surface area (Å²) < 4.78 is 0. The maximum atomic E-state index is 12.2. The summed E-state index contributed by atoms with van der Waals surface area (Å²) in [7, 11) is 0. The molecule has 1 fully saturated rings. The first-order valence-corrected chi connectivity index (χ1v) is 6.14. The molecule has 0 saturated heterocycles. The fourth-order valence-electron chi connectivity index (χ4n) is 2.34. The van der Waals surface area contributed by atoms with Gasteiger partial charge in [0, 0.05) is 11.6 Å². The third kappa shape index (κ3) is 2.57. The predicted molar refractivity (Wildman–Crippen MR) is 68.5 cm³/mol. The number of carbonyl (C=O) groups excluding carboxylic acids is 1. The van der Waals surface area contributed by atoms with Gasteiger partial charge in [-0.2, -0.15) is 0 Å². The molecule has 0 aliphatic heterocycles. The molecule has 17 heavy (non-hydrogen) atoms. The average Bonchev–Trinajstić information content (AvgIpc) is 2.33. The average molecular weight is 233 g/mol. The second-order valence-corrected chi connectivity index (χ2v) is 5.02. The highest BCUT2D eigenvalue weighted by molar-refractivity contribution is 5.96. The Kier molecular flexibility index (Phi) is 3.31. The summed E-state index contributed by atoms with van der Waals surface area (Å²) in [6.07, 6.45) is 7.02. The molecular weight excluding hydrogens is 214 g/mol. The molecular formula is C13H19N3O. The standard InChI is InChI=1S/C13H19N3O/c1-13(7-3-2-4-8-13)12(17)16-11-10(14)6-5-9-15-11/h5-6,9H,2-4,7-8,14H2,1H3,(H,15,16,17). The summed E-state index contributed by atoms with van der Waals surface area (Å²) in [4.78, 5) is 16.3. The molecule has 1 amide bonds. The lowest BCUT2D eigenvalue weighted by Crippen LogP contribution is -2.35. The third-order valence-corrected chi connectivity index (χ3v) is 3.58. The van der Waals surface area contributed by atoms with Crippen molar-refractivity contribution < 1.29 is 4.79 Å². The summed E-state index contributed by atoms with van der Waals surface area (Å²) in [5, 5.41) is 2.85. The monoisotopic (exact) mass is 233 g/mol. The van der Waals surface area contributed by atoms with Crippen molar-refractivity contribution in [1.29, 1.82) is 0 Å². The molecule has 0 bridgehead atoms. The zero-order valence-electron chi connectivity index (χ0n) is 10.2. The number of anilines is 2. The van der Waals surface area contributed by atoms with Gasteiger partial charge in [0.05, 0.1) is 5.69 Å². The van der Waals surface area contributed by atoms with Crippen molar-refractivity contribution in [3.05, 3.63) is 18.3 Å². The first-order valence-electron chi connectivity index (χ1n) is 6.14. The van der Waals surface area contributed by atoms with Crippen LogP contribution in [0, 0.1) is 5.41 Å². The number of rotatable bonds is 2. The van der Waals surface area contributed by atoms with Gasteiger partial charge in [-0.1, -0.05) is 26.2 Å². The van der Waals surface area contributed by atoms with E-state index in [-0.39, 0.29) is 11.3 Å². The number of nitrogens with two attached hydrogens (primary N) is 1. The zero-order valence-corrected chi connectivity index (χ0v) is 10.2. The number of aromatic nitrogens is 1. The van der Waals surface area contributed by atoms with E-state index in [2.05, 4.69) is 10.3 Å². The second-order valence-electron chi connectivity index (χ2n) is 5.02. The van der Waals surface area contributed by atoms with Crippen molar-refractivity contribution in [3.63, 3.8) is 0 Å². The Bertz CT molecular complexity index is 411. The van der Waals surface area contributed by atoms with E-state index in [1.165, 1.54) is 6.42 Å². The Labute approximate surface area is 102 Å². The lowest BCUT2D eigenvalue weighted by atomic mass is 9.75. The molecule has 0 aromatic carbocycles. The van der Waals surface area contributed by atoms with Gasteiger partial charge in [-0.15, -0.1) is 0 Å². The van der Waals surface area contributed by atoms with E-state index in [1.54, 1.807) is 18.3 Å². The SMILES string of the molecule is CC1(C(=O)Nc2ncccc2N)CCCCC1. The first kappa shape index (κ1) is 11.9. The molecule has 92 valence electrons. The Morgan fingerprint density at radius 3 is 2.76 bits per heavy atom. The van der Waals surface area contributed by atoms with Crippen LogP contribution in [0.1, 0.15) is 39.0 Å². The van der Waals surface area contributed by atoms with E-state index in [0.717, 1.165) is 25.7 Å². The van der Waals surface area contributed by atoms with Crippen LogP contribution < -0.4 is 11.1 Å². The van der Waals surface area contributed by atoms with Crippen molar-refractivity contribution >= 4 is 17.4 Å². The summed E-state index contributed by atoms with van der Waals surface area (Å²) in [5.74, 6) is 0.520. The van der Waals surface area contributed by atoms with Crippen LogP contribution in [0.15, 0.2) is 18.3 Å². The Morgan fingerprint density at radius 2 is 2.12 bits per heavy atom. The lowest BCUT2D eigenvalue weighted by Gasteiger charge is -2.31. The molecule has 2 rings (SSSR count). The number of hydrogen-bond donors (Lipinski definition) is 2. The molecule has 0 unspecified atom stereocenters. The summed E-state index contributed by atoms with van der Waals surface area (Å²) in [6, 6.07) is 3.50. The molecule has 3 N–H and O–H groups in total. The number of nitrogens with zero attached hydrogens (tertiary/aromatic N) is 1. The zero-order chi connectivity index (χ0) is 12.3. The van der Waals surface area contributed by atoms with Crippen LogP contribution in [-0.4, -0.2) is 10.9 Å². The number of amides is 1. The highest BCUT2D eigenvalue weighted by Gasteiger charge is 2.34. The van der Waals surface area contributed by atoms with Gasteiger partial charge in [0.25, 0.3) is 0 Å². The lowest BCUT2D eigenvalue weighted by molar-refractivity contribution is -0.126. The maximum Gasteiger partial charge on any atom is 0.231 e. The quantitative estimate of drug-likeness (QED) is 0.825. The summed E-state index contributed by atoms with van der Waals surface area (Å²) in [6.45, 7) is 2.03. The fourth-order valence-corrected chi connectivity index (χ4v) is 2.34. The van der Waals surface area contributed by atoms with Crippen LogP contribution >= 0.6 is 0 Å². The van der Waals surface area contributed by atoms with Crippen molar-refractivity contribution in [2.45, 2.75) is 39.0 Å². The molecule has 1 aromatic heterocycles. The van der Waals surface area contributed by atoms with Crippen molar-refractivity contribution in [1.82, 2.24) is 4.98 Å². The first-order chi connectivity index (χ1) is 8.12. The van der Waals surface area contributed by atoms with Gasteiger partial charge in [0.2, 0.25) is 5.91 Å². The van der Waals surface area contributed by atoms with Crippen LogP contribution in [0.4, 0.5) is 11.5 Å². The molecule has 0 atom stereocenters. The number of carbonyl (C=O) groups is 1. The van der Waals surface area contributed by atoms with E-state index < -0.39 is 0 Å². The Balaban J connectivity index is 2.08. The predicted octanol–water partition coefficient (Wildman–Crippen LogP) is 2.57. The smallest absolute Gasteiger partial charge is 0.231 e. The molecule has 1 saturated carbocycles. The molecule has 4 nitrogen and oxygen atoms in total. The summed E-state index contributed by atoms with van der Waals surface area (Å²) in [5.41, 5.74) is 6.02. The molecule has 0 radical (unpaired) electrons. The van der Waals surface area contributed by atoms with E-state index in [1.807, 2.05) is 6.92 Å². The van der Waals surface area contributed by atoms with E-state index >= 15 is 0 Å². The highest BCUT2D eigenvalue weighted by Crippen LogP contribution is 2.36. The molecule has 1 aliphatic rings. The maximum absolute atomic E-state index is 12.2. The van der Waals surface area contributed by atoms with E-state index in [9.17, 15) is 4.79 Å². The van der Waals surface area contributed by atoms with Gasteiger partial charge in [-0.25, -0.2) is 4.98 Å².